The quantitative estimate of drug-likeness (QED) is 0.0199. The minimum atomic E-state index is -3.08. The molecule has 14 N–H and O–H groups in total. The lowest BCUT2D eigenvalue weighted by Crippen LogP contribution is -2.70. The highest BCUT2D eigenvalue weighted by molar-refractivity contribution is 5.77. The van der Waals surface area contributed by atoms with Crippen LogP contribution in [0, 0.1) is 0 Å². The van der Waals surface area contributed by atoms with Crippen molar-refractivity contribution in [3.05, 3.63) is 12.2 Å². The average Bonchev–Trinajstić information content (AvgIpc) is 0.756. The molecule has 0 aromatic rings. The number of carboxylic acids is 1. The van der Waals surface area contributed by atoms with Crippen LogP contribution in [0.1, 0.15) is 329 Å². The van der Waals surface area contributed by atoms with E-state index in [0.29, 0.717) is 19.3 Å². The topological polar surface area (TPSA) is 373 Å². The lowest BCUT2D eigenvalue weighted by atomic mass is 9.88. The molecule has 23 heteroatoms. The van der Waals surface area contributed by atoms with Crippen LogP contribution in [0.25, 0.3) is 0 Å². The Morgan fingerprint density at radius 1 is 0.505 bits per heavy atom. The van der Waals surface area contributed by atoms with Crippen molar-refractivity contribution in [2.24, 2.45) is 0 Å². The van der Waals surface area contributed by atoms with Crippen LogP contribution in [0.5, 0.6) is 0 Å². The summed E-state index contributed by atoms with van der Waals surface area (Å²) in [7, 11) is 0. The largest absolute Gasteiger partial charge is 0.477 e. The Balaban J connectivity index is 1.52. The summed E-state index contributed by atoms with van der Waals surface area (Å²) in [6.45, 7) is 2.26. The number of amides is 2. The molecule has 3 aliphatic heterocycles. The van der Waals surface area contributed by atoms with Crippen LogP contribution in [0.15, 0.2) is 12.2 Å². The number of nitrogens with one attached hydrogen (secondary N) is 2. The van der Waals surface area contributed by atoms with Crippen LogP contribution in [-0.2, 0) is 42.8 Å². The van der Waals surface area contributed by atoms with Gasteiger partial charge < -0.3 is 100 Å². The first-order valence-corrected chi connectivity index (χ1v) is 40.5. The molecular formula is C78H146N2O21. The van der Waals surface area contributed by atoms with Gasteiger partial charge in [-0.2, -0.15) is 0 Å². The standard InChI is InChI=1S/C78H146N2O21/c1-4-6-8-10-12-14-16-18-20-22-24-26-28-30-31-33-35-37-39-41-43-45-47-49-51-60(85)59(80-65(88)52-50-48-46-44-42-40-38-36-34-32-29-27-25-23-21-19-17-15-13-11-9-7-5-2)57-96-75-70(92)69(91)72(64(56-83)98-75)99-76-71(93)74(68(90)63(55-82)97-76)101-78(77(94)95)53-61(86)66(79-58(3)84)73(100-78)67(89)62(87)54-81/h32,34,59-64,66-76,81-83,85-87,89-93H,4-31,33,35-57H2,1-3H3,(H,79,84)(H,80,88)(H,94,95)/b34-32-. The molecular weight excluding hydrogens is 1300 g/mol. The van der Waals surface area contributed by atoms with Crippen molar-refractivity contribution in [1.82, 2.24) is 10.6 Å². The Labute approximate surface area is 607 Å². The molecule has 594 valence electrons. The number of aliphatic hydroxyl groups excluding tert-OH is 11. The van der Waals surface area contributed by atoms with Crippen molar-refractivity contribution in [3.63, 3.8) is 0 Å². The van der Waals surface area contributed by atoms with Crippen LogP contribution in [-0.4, -0.2) is 215 Å². The molecule has 3 aliphatic rings. The number of rotatable bonds is 64. The number of hydrogen-bond donors (Lipinski definition) is 14. The Morgan fingerprint density at radius 2 is 0.921 bits per heavy atom. The third-order valence-electron chi connectivity index (χ3n) is 20.7. The molecule has 3 heterocycles. The minimum Gasteiger partial charge on any atom is -0.477 e. The molecule has 0 radical (unpaired) electrons. The van der Waals surface area contributed by atoms with Gasteiger partial charge in [-0.3, -0.25) is 9.59 Å². The third-order valence-corrected chi connectivity index (χ3v) is 20.7. The van der Waals surface area contributed by atoms with Gasteiger partial charge in [-0.1, -0.05) is 283 Å². The number of aliphatic carboxylic acids is 1. The summed E-state index contributed by atoms with van der Waals surface area (Å²) in [6, 6.07) is -2.53. The van der Waals surface area contributed by atoms with Crippen LogP contribution in [0.2, 0.25) is 0 Å². The molecule has 101 heavy (non-hydrogen) atoms. The highest BCUT2D eigenvalue weighted by atomic mass is 16.8. The second-order valence-electron chi connectivity index (χ2n) is 29.6. The van der Waals surface area contributed by atoms with Gasteiger partial charge in [0.2, 0.25) is 11.8 Å². The zero-order valence-electron chi connectivity index (χ0n) is 62.8. The van der Waals surface area contributed by atoms with E-state index in [-0.39, 0.29) is 18.9 Å². The Bertz CT molecular complexity index is 2070. The van der Waals surface area contributed by atoms with Crippen molar-refractivity contribution >= 4 is 17.8 Å². The maximum Gasteiger partial charge on any atom is 0.364 e. The summed E-state index contributed by atoms with van der Waals surface area (Å²) in [5, 5.41) is 137. The van der Waals surface area contributed by atoms with Gasteiger partial charge in [0.15, 0.2) is 12.6 Å². The summed E-state index contributed by atoms with van der Waals surface area (Å²) >= 11 is 0. The molecule has 18 unspecified atom stereocenters. The van der Waals surface area contributed by atoms with E-state index in [1.54, 1.807) is 0 Å². The maximum atomic E-state index is 13.6. The smallest absolute Gasteiger partial charge is 0.364 e. The molecule has 3 fully saturated rings. The highest BCUT2D eigenvalue weighted by Gasteiger charge is 2.60. The number of hydrogen-bond acceptors (Lipinski definition) is 20. The fourth-order valence-electron chi connectivity index (χ4n) is 14.3. The Kier molecular flexibility index (Phi) is 52.9. The minimum absolute atomic E-state index is 0.221. The number of allylic oxidation sites excluding steroid dienone is 2. The molecule has 2 amide bonds. The van der Waals surface area contributed by atoms with Crippen LogP contribution in [0.3, 0.4) is 0 Å². The average molecular weight is 1450 g/mol. The van der Waals surface area contributed by atoms with Crippen molar-refractivity contribution in [2.45, 2.75) is 439 Å². The first-order chi connectivity index (χ1) is 48.9. The number of ether oxygens (including phenoxy) is 6. The van der Waals surface area contributed by atoms with E-state index in [4.69, 9.17) is 28.4 Å². The van der Waals surface area contributed by atoms with Gasteiger partial charge in [0.05, 0.1) is 50.7 Å². The van der Waals surface area contributed by atoms with E-state index in [1.807, 2.05) is 0 Å². The monoisotopic (exact) mass is 1450 g/mol. The van der Waals surface area contributed by atoms with Crippen molar-refractivity contribution in [2.75, 3.05) is 26.4 Å². The molecule has 0 aromatic carbocycles. The van der Waals surface area contributed by atoms with Gasteiger partial charge in [0, 0.05) is 19.8 Å². The summed E-state index contributed by atoms with van der Waals surface area (Å²) in [5.41, 5.74) is 0. The molecule has 0 spiro atoms. The van der Waals surface area contributed by atoms with E-state index in [2.05, 4.69) is 36.6 Å². The van der Waals surface area contributed by atoms with E-state index in [1.165, 1.54) is 199 Å². The van der Waals surface area contributed by atoms with Gasteiger partial charge in [0.25, 0.3) is 5.79 Å². The zero-order chi connectivity index (χ0) is 73.9. The lowest BCUT2D eigenvalue weighted by Gasteiger charge is -2.50. The summed E-state index contributed by atoms with van der Waals surface area (Å²) < 4.78 is 35.0. The fourth-order valence-corrected chi connectivity index (χ4v) is 14.3. The summed E-state index contributed by atoms with van der Waals surface area (Å²) in [4.78, 5) is 38.7. The number of carbonyl (C=O) groups is 3. The summed E-state index contributed by atoms with van der Waals surface area (Å²) in [5.74, 6) is -6.10. The second kappa shape index (κ2) is 57.6. The van der Waals surface area contributed by atoms with Gasteiger partial charge in [0.1, 0.15) is 67.1 Å². The number of aliphatic hydroxyl groups is 11. The van der Waals surface area contributed by atoms with Gasteiger partial charge in [-0.15, -0.1) is 0 Å². The van der Waals surface area contributed by atoms with Crippen LogP contribution >= 0.6 is 0 Å². The highest BCUT2D eigenvalue weighted by Crippen LogP contribution is 2.39. The third kappa shape index (κ3) is 38.2. The number of carbonyl (C=O) groups excluding carboxylic acids is 2. The van der Waals surface area contributed by atoms with Gasteiger partial charge in [-0.25, -0.2) is 4.79 Å². The molecule has 3 rings (SSSR count). The van der Waals surface area contributed by atoms with Gasteiger partial charge >= 0.3 is 5.97 Å². The predicted octanol–water partition coefficient (Wildman–Crippen LogP) is 10.6. The molecule has 0 saturated carbocycles. The molecule has 0 aromatic heterocycles. The predicted molar refractivity (Wildman–Crippen MR) is 389 cm³/mol. The molecule has 0 bridgehead atoms. The SMILES string of the molecule is CCCCCCCCCCCCCC/C=C\CCCCCCCCCC(=O)NC(COC1OC(CO)C(OC2OC(CO)C(O)C(OC3(C(=O)O)CC(O)C(NC(C)=O)C(C(O)C(O)CO)O3)C2O)C(O)C1O)C(O)CCCCCCCCCCCCCCCCCCCCCCCCCC. The Morgan fingerprint density at radius 3 is 1.34 bits per heavy atom. The fraction of sp³-hybridized carbons (Fsp3) is 0.936. The molecule has 23 nitrogen and oxygen atoms in total. The van der Waals surface area contributed by atoms with Crippen LogP contribution in [0.4, 0.5) is 0 Å². The number of carboxylic acid groups (broad SMARTS) is 1. The zero-order valence-corrected chi connectivity index (χ0v) is 62.8. The maximum absolute atomic E-state index is 13.6. The normalized spacial score (nSPS) is 26.8. The Hall–Kier alpha value is -2.53. The van der Waals surface area contributed by atoms with E-state index in [0.717, 1.165) is 84.0 Å². The molecule has 3 saturated heterocycles. The first kappa shape index (κ1) is 92.7. The summed E-state index contributed by atoms with van der Waals surface area (Å²) in [6.07, 6.45) is 32.0. The van der Waals surface area contributed by atoms with Gasteiger partial charge in [-0.05, 0) is 38.5 Å². The molecule has 0 aliphatic carbocycles. The van der Waals surface area contributed by atoms with Crippen molar-refractivity contribution in [1.29, 1.82) is 0 Å². The number of unbranched alkanes of at least 4 members (excludes halogenated alkanes) is 42. The second-order valence-corrected chi connectivity index (χ2v) is 29.6. The lowest BCUT2D eigenvalue weighted by molar-refractivity contribution is -0.386. The van der Waals surface area contributed by atoms with Crippen molar-refractivity contribution in [3.8, 4) is 0 Å². The molecule has 18 atom stereocenters. The van der Waals surface area contributed by atoms with E-state index in [9.17, 15) is 75.7 Å². The van der Waals surface area contributed by atoms with Crippen LogP contribution < -0.4 is 10.6 Å². The van der Waals surface area contributed by atoms with E-state index >= 15 is 0 Å². The van der Waals surface area contributed by atoms with E-state index < -0.39 is 148 Å². The van der Waals surface area contributed by atoms with Crippen molar-refractivity contribution < 1.29 is 104 Å². The first-order valence-electron chi connectivity index (χ1n) is 40.5.